The van der Waals surface area contributed by atoms with Gasteiger partial charge in [0.25, 0.3) is 15.9 Å². The van der Waals surface area contributed by atoms with Gasteiger partial charge in [-0.15, -0.1) is 22.7 Å². The molecule has 0 N–H and O–H groups in total. The third kappa shape index (κ3) is 4.20. The second-order valence-electron chi connectivity index (χ2n) is 7.15. The molecule has 1 amide bonds. The van der Waals surface area contributed by atoms with Crippen LogP contribution >= 0.6 is 22.7 Å². The molecule has 158 valence electrons. The number of aryl methyl sites for hydroxylation is 2. The Balaban J connectivity index is 1.41. The van der Waals surface area contributed by atoms with Gasteiger partial charge in [-0.25, -0.2) is 13.4 Å². The summed E-state index contributed by atoms with van der Waals surface area (Å²) in [5, 5.41) is 2.60. The number of aromatic nitrogens is 1. The van der Waals surface area contributed by atoms with Crippen LogP contribution in [0.15, 0.2) is 46.0 Å². The van der Waals surface area contributed by atoms with Crippen LogP contribution in [0.5, 0.6) is 0 Å². The highest BCUT2D eigenvalue weighted by atomic mass is 32.2. The van der Waals surface area contributed by atoms with E-state index in [0.29, 0.717) is 36.1 Å². The zero-order valence-corrected chi connectivity index (χ0v) is 19.3. The average molecular weight is 462 g/mol. The summed E-state index contributed by atoms with van der Waals surface area (Å²) in [6.45, 7) is 5.31. The van der Waals surface area contributed by atoms with Gasteiger partial charge in [-0.1, -0.05) is 31.2 Å². The lowest BCUT2D eigenvalue weighted by Crippen LogP contribution is -2.50. The molecular weight excluding hydrogens is 438 g/mol. The molecule has 1 aliphatic heterocycles. The number of hydrogen-bond donors (Lipinski definition) is 0. The summed E-state index contributed by atoms with van der Waals surface area (Å²) in [5.41, 5.74) is 2.68. The molecule has 1 saturated heterocycles. The minimum Gasteiger partial charge on any atom is -0.335 e. The van der Waals surface area contributed by atoms with Crippen molar-refractivity contribution in [2.45, 2.75) is 24.5 Å². The van der Waals surface area contributed by atoms with E-state index >= 15 is 0 Å². The zero-order chi connectivity index (χ0) is 21.3. The first-order chi connectivity index (χ1) is 14.4. The van der Waals surface area contributed by atoms with Crippen LogP contribution in [-0.4, -0.2) is 54.7 Å². The van der Waals surface area contributed by atoms with Crippen LogP contribution in [-0.2, 0) is 16.4 Å². The highest BCUT2D eigenvalue weighted by molar-refractivity contribution is 7.91. The molecule has 0 bridgehead atoms. The van der Waals surface area contributed by atoms with Crippen LogP contribution in [0.25, 0.3) is 10.6 Å². The number of thiazole rings is 1. The maximum atomic E-state index is 12.9. The van der Waals surface area contributed by atoms with Gasteiger partial charge >= 0.3 is 0 Å². The van der Waals surface area contributed by atoms with Crippen molar-refractivity contribution >= 4 is 38.6 Å². The number of amides is 1. The molecule has 0 aliphatic carbocycles. The van der Waals surface area contributed by atoms with E-state index in [4.69, 9.17) is 0 Å². The van der Waals surface area contributed by atoms with Crippen molar-refractivity contribution in [2.75, 3.05) is 26.2 Å². The number of sulfonamides is 1. The van der Waals surface area contributed by atoms with Crippen molar-refractivity contribution < 1.29 is 13.2 Å². The number of thiophene rings is 1. The van der Waals surface area contributed by atoms with Crippen molar-refractivity contribution in [3.8, 4) is 10.6 Å². The molecule has 0 unspecified atom stereocenters. The van der Waals surface area contributed by atoms with Crippen LogP contribution in [0.4, 0.5) is 0 Å². The molecule has 3 heterocycles. The minimum absolute atomic E-state index is 0.147. The summed E-state index contributed by atoms with van der Waals surface area (Å²) in [4.78, 5) is 20.1. The Kier molecular flexibility index (Phi) is 6.06. The van der Waals surface area contributed by atoms with E-state index in [9.17, 15) is 13.2 Å². The smallest absolute Gasteiger partial charge is 0.273 e. The number of rotatable bonds is 5. The number of carbonyl (C=O) groups is 1. The summed E-state index contributed by atoms with van der Waals surface area (Å²) < 4.78 is 27.4. The van der Waals surface area contributed by atoms with Crippen molar-refractivity contribution in [2.24, 2.45) is 0 Å². The maximum absolute atomic E-state index is 12.9. The van der Waals surface area contributed by atoms with Gasteiger partial charge in [-0.2, -0.15) is 4.31 Å². The Morgan fingerprint density at radius 2 is 1.77 bits per heavy atom. The first-order valence-corrected chi connectivity index (χ1v) is 12.9. The quantitative estimate of drug-likeness (QED) is 0.578. The lowest BCUT2D eigenvalue weighted by molar-refractivity contribution is 0.0693. The van der Waals surface area contributed by atoms with E-state index < -0.39 is 10.0 Å². The van der Waals surface area contributed by atoms with Gasteiger partial charge in [0.2, 0.25) is 0 Å². The second kappa shape index (κ2) is 8.58. The van der Waals surface area contributed by atoms with E-state index in [-0.39, 0.29) is 5.91 Å². The topological polar surface area (TPSA) is 70.6 Å². The van der Waals surface area contributed by atoms with Crippen molar-refractivity contribution in [3.05, 3.63) is 57.9 Å². The molecule has 6 nitrogen and oxygen atoms in total. The van der Waals surface area contributed by atoms with Gasteiger partial charge in [0, 0.05) is 42.0 Å². The van der Waals surface area contributed by atoms with Crippen molar-refractivity contribution in [1.82, 2.24) is 14.2 Å². The summed E-state index contributed by atoms with van der Waals surface area (Å²) in [7, 11) is -3.49. The first-order valence-electron chi connectivity index (χ1n) is 9.79. The third-order valence-corrected chi connectivity index (χ3v) is 9.43. The predicted molar refractivity (Wildman–Crippen MR) is 121 cm³/mol. The second-order valence-corrected chi connectivity index (χ2v) is 11.5. The monoisotopic (exact) mass is 461 g/mol. The SMILES string of the molecule is CCc1ccc(-c2nc(C(=O)N3CCN(S(=O)(=O)c4ccc(C)s4)CC3)cs2)cc1. The molecular formula is C21H23N3O3S3. The van der Waals surface area contributed by atoms with E-state index in [1.54, 1.807) is 16.3 Å². The number of carbonyl (C=O) groups excluding carboxylic acids is 1. The Labute approximate surface area is 184 Å². The largest absolute Gasteiger partial charge is 0.335 e. The fraction of sp³-hybridized carbons (Fsp3) is 0.333. The molecule has 3 aromatic rings. The van der Waals surface area contributed by atoms with Gasteiger partial charge in [0.15, 0.2) is 0 Å². The lowest BCUT2D eigenvalue weighted by atomic mass is 10.1. The molecule has 0 spiro atoms. The summed E-state index contributed by atoms with van der Waals surface area (Å²) in [5.74, 6) is -0.147. The molecule has 9 heteroatoms. The van der Waals surface area contributed by atoms with Crippen molar-refractivity contribution in [3.63, 3.8) is 0 Å². The van der Waals surface area contributed by atoms with Gasteiger partial charge in [-0.05, 0) is 31.0 Å². The van der Waals surface area contributed by atoms with Gasteiger partial charge < -0.3 is 4.90 Å². The summed E-state index contributed by atoms with van der Waals surface area (Å²) in [6.07, 6.45) is 0.982. The van der Waals surface area contributed by atoms with Gasteiger partial charge in [-0.3, -0.25) is 4.79 Å². The number of nitrogens with zero attached hydrogens (tertiary/aromatic N) is 3. The number of piperazine rings is 1. The molecule has 1 aliphatic rings. The van der Waals surface area contributed by atoms with Crippen LogP contribution in [0.3, 0.4) is 0 Å². The van der Waals surface area contributed by atoms with Crippen LogP contribution in [0, 0.1) is 6.92 Å². The Morgan fingerprint density at radius 1 is 1.07 bits per heavy atom. The van der Waals surface area contributed by atoms with Gasteiger partial charge in [0.05, 0.1) is 0 Å². The van der Waals surface area contributed by atoms with Gasteiger partial charge in [0.1, 0.15) is 14.9 Å². The molecule has 0 saturated carbocycles. The summed E-state index contributed by atoms with van der Waals surface area (Å²) in [6, 6.07) is 11.7. The van der Waals surface area contributed by atoms with Crippen molar-refractivity contribution in [1.29, 1.82) is 0 Å². The fourth-order valence-electron chi connectivity index (χ4n) is 3.36. The van der Waals surface area contributed by atoms with E-state index in [0.717, 1.165) is 21.9 Å². The Morgan fingerprint density at radius 3 is 2.37 bits per heavy atom. The molecule has 1 fully saturated rings. The molecule has 30 heavy (non-hydrogen) atoms. The standard InChI is InChI=1S/C21H23N3O3S3/c1-3-16-5-7-17(8-6-16)20-22-18(14-28-20)21(25)23-10-12-24(13-11-23)30(26,27)19-9-4-15(2)29-19/h4-9,14H,3,10-13H2,1-2H3. The normalized spacial score (nSPS) is 15.5. The highest BCUT2D eigenvalue weighted by Gasteiger charge is 2.31. The first kappa shape index (κ1) is 21.2. The van der Waals surface area contributed by atoms with Crippen LogP contribution < -0.4 is 0 Å². The third-order valence-electron chi connectivity index (χ3n) is 5.17. The van der Waals surface area contributed by atoms with Crippen LogP contribution in [0.2, 0.25) is 0 Å². The number of hydrogen-bond acceptors (Lipinski definition) is 6. The van der Waals surface area contributed by atoms with Crippen LogP contribution in [0.1, 0.15) is 27.9 Å². The van der Waals surface area contributed by atoms with E-state index in [2.05, 4.69) is 24.0 Å². The fourth-order valence-corrected chi connectivity index (χ4v) is 7.02. The molecule has 4 rings (SSSR count). The molecule has 2 aromatic heterocycles. The molecule has 1 aromatic carbocycles. The molecule has 0 radical (unpaired) electrons. The van der Waals surface area contributed by atoms with E-state index in [1.807, 2.05) is 25.1 Å². The number of benzene rings is 1. The maximum Gasteiger partial charge on any atom is 0.273 e. The minimum atomic E-state index is -3.49. The van der Waals surface area contributed by atoms with E-state index in [1.165, 1.54) is 32.5 Å². The average Bonchev–Trinajstić information content (AvgIpc) is 3.43. The predicted octanol–water partition coefficient (Wildman–Crippen LogP) is 3.89. The Hall–Kier alpha value is -2.07. The molecule has 0 atom stereocenters. The zero-order valence-electron chi connectivity index (χ0n) is 16.9. The Bertz CT molecular complexity index is 1140. The highest BCUT2D eigenvalue weighted by Crippen LogP contribution is 2.27. The summed E-state index contributed by atoms with van der Waals surface area (Å²) >= 11 is 2.73. The lowest BCUT2D eigenvalue weighted by Gasteiger charge is -2.33.